The lowest BCUT2D eigenvalue weighted by atomic mass is 10.0. The van der Waals surface area contributed by atoms with E-state index in [2.05, 4.69) is 31.1 Å². The molecular formula is C40H80N4O3. The van der Waals surface area contributed by atoms with Gasteiger partial charge in [0.1, 0.15) is 12.1 Å². The second-order valence-corrected chi connectivity index (χ2v) is 14.1. The molecule has 0 spiro atoms. The molecule has 0 aromatic rings. The van der Waals surface area contributed by atoms with Crippen molar-refractivity contribution in [3.8, 4) is 0 Å². The van der Waals surface area contributed by atoms with Crippen LogP contribution in [-0.4, -0.2) is 36.5 Å². The second kappa shape index (κ2) is 35.5. The zero-order chi connectivity index (χ0) is 34.6. The normalized spacial score (nSPS) is 12.5. The Morgan fingerprint density at radius 1 is 0.532 bits per heavy atom. The molecule has 0 aromatic carbocycles. The van der Waals surface area contributed by atoms with Gasteiger partial charge in [-0.25, -0.2) is 4.79 Å². The largest absolute Gasteiger partial charge is 0.461 e. The van der Waals surface area contributed by atoms with Gasteiger partial charge in [-0.15, -0.1) is 0 Å². The van der Waals surface area contributed by atoms with Crippen LogP contribution in [0.3, 0.4) is 0 Å². The molecule has 278 valence electrons. The zero-order valence-corrected chi connectivity index (χ0v) is 31.6. The Balaban J connectivity index is 4.81. The van der Waals surface area contributed by atoms with E-state index in [-0.39, 0.29) is 23.9 Å². The predicted molar refractivity (Wildman–Crippen MR) is 203 cm³/mol. The Morgan fingerprint density at radius 3 is 1.32 bits per heavy atom. The molecule has 0 aliphatic heterocycles. The number of nitrogens with one attached hydrogen (secondary N) is 1. The van der Waals surface area contributed by atoms with Crippen LogP contribution in [-0.2, 0) is 14.3 Å². The number of nitrogens with zero attached hydrogens (tertiary/aromatic N) is 1. The van der Waals surface area contributed by atoms with E-state index in [0.29, 0.717) is 25.8 Å². The smallest absolute Gasteiger partial charge is 0.328 e. The van der Waals surface area contributed by atoms with E-state index in [0.717, 1.165) is 38.5 Å². The molecule has 7 heteroatoms. The van der Waals surface area contributed by atoms with Crippen LogP contribution in [0.1, 0.15) is 220 Å². The highest BCUT2D eigenvalue weighted by Crippen LogP contribution is 2.19. The van der Waals surface area contributed by atoms with E-state index in [9.17, 15) is 9.59 Å². The lowest BCUT2D eigenvalue weighted by molar-refractivity contribution is -0.154. The molecule has 0 radical (unpaired) electrons. The van der Waals surface area contributed by atoms with Crippen molar-refractivity contribution in [3.05, 3.63) is 0 Å². The summed E-state index contributed by atoms with van der Waals surface area (Å²) >= 11 is 0. The minimum absolute atomic E-state index is 0.0459. The van der Waals surface area contributed by atoms with Gasteiger partial charge >= 0.3 is 5.97 Å². The molecule has 0 fully saturated rings. The maximum Gasteiger partial charge on any atom is 0.328 e. The Bertz CT molecular complexity index is 726. The Hall–Kier alpha value is -1.79. The fourth-order valence-corrected chi connectivity index (χ4v) is 6.31. The van der Waals surface area contributed by atoms with Gasteiger partial charge in [-0.2, -0.15) is 0 Å². The third-order valence-corrected chi connectivity index (χ3v) is 9.36. The van der Waals surface area contributed by atoms with Gasteiger partial charge in [-0.1, -0.05) is 168 Å². The fourth-order valence-electron chi connectivity index (χ4n) is 6.31. The van der Waals surface area contributed by atoms with Crippen LogP contribution in [0.4, 0.5) is 0 Å². The number of amides is 1. The van der Waals surface area contributed by atoms with Gasteiger partial charge in [0.15, 0.2) is 5.96 Å². The molecule has 7 nitrogen and oxygen atoms in total. The van der Waals surface area contributed by atoms with Crippen LogP contribution < -0.4 is 16.8 Å². The number of esters is 1. The molecule has 2 atom stereocenters. The Morgan fingerprint density at radius 2 is 0.915 bits per heavy atom. The standard InChI is InChI=1S/C40H80N4O3/c1-4-7-10-13-16-18-19-21-23-26-29-34-38(45)44-37(33-30-35-43-40(41)42)39(46)47-36(31-27-24-15-12-9-6-3)32-28-25-22-20-17-14-11-8-5-2/h36-37H,4-35H2,1-3H3,(H,44,45)(H4,41,42,43)/t36?,37-/m0/s1. The van der Waals surface area contributed by atoms with Crippen LogP contribution in [0.25, 0.3) is 0 Å². The zero-order valence-electron chi connectivity index (χ0n) is 31.6. The monoisotopic (exact) mass is 665 g/mol. The van der Waals surface area contributed by atoms with Gasteiger partial charge in [0.05, 0.1) is 0 Å². The number of hydrogen-bond acceptors (Lipinski definition) is 4. The maximum atomic E-state index is 13.5. The highest BCUT2D eigenvalue weighted by Gasteiger charge is 2.25. The Kier molecular flexibility index (Phi) is 34.2. The first-order valence-corrected chi connectivity index (χ1v) is 20.5. The minimum atomic E-state index is -0.653. The van der Waals surface area contributed by atoms with Crippen molar-refractivity contribution in [2.45, 2.75) is 232 Å². The van der Waals surface area contributed by atoms with Gasteiger partial charge < -0.3 is 21.5 Å². The van der Waals surface area contributed by atoms with Gasteiger partial charge in [-0.05, 0) is 44.9 Å². The molecule has 0 heterocycles. The summed E-state index contributed by atoms with van der Waals surface area (Å²) in [5.41, 5.74) is 11.0. The predicted octanol–water partition coefficient (Wildman–Crippen LogP) is 10.8. The van der Waals surface area contributed by atoms with E-state index < -0.39 is 6.04 Å². The van der Waals surface area contributed by atoms with Crippen LogP contribution in [0.15, 0.2) is 4.99 Å². The summed E-state index contributed by atoms with van der Waals surface area (Å²) in [5, 5.41) is 3.02. The first-order valence-electron chi connectivity index (χ1n) is 20.5. The van der Waals surface area contributed by atoms with Crippen molar-refractivity contribution in [2.24, 2.45) is 16.5 Å². The van der Waals surface area contributed by atoms with Crippen molar-refractivity contribution >= 4 is 17.8 Å². The summed E-state index contributed by atoms with van der Waals surface area (Å²) in [6.07, 6.45) is 35.8. The summed E-state index contributed by atoms with van der Waals surface area (Å²) < 4.78 is 6.16. The van der Waals surface area contributed by atoms with Crippen molar-refractivity contribution < 1.29 is 14.3 Å². The van der Waals surface area contributed by atoms with Gasteiger partial charge in [0.2, 0.25) is 5.91 Å². The molecule has 0 aromatic heterocycles. The highest BCUT2D eigenvalue weighted by molar-refractivity contribution is 5.84. The van der Waals surface area contributed by atoms with Crippen LogP contribution in [0, 0.1) is 0 Å². The van der Waals surface area contributed by atoms with Crippen LogP contribution in [0.2, 0.25) is 0 Å². The van der Waals surface area contributed by atoms with E-state index in [1.807, 2.05) is 0 Å². The van der Waals surface area contributed by atoms with E-state index in [4.69, 9.17) is 16.2 Å². The fraction of sp³-hybridized carbons (Fsp3) is 0.925. The summed E-state index contributed by atoms with van der Waals surface area (Å²) in [6, 6.07) is -0.653. The minimum Gasteiger partial charge on any atom is -0.461 e. The summed E-state index contributed by atoms with van der Waals surface area (Å²) in [6.45, 7) is 7.19. The molecule has 0 rings (SSSR count). The molecule has 0 saturated heterocycles. The first kappa shape index (κ1) is 45.2. The molecule has 0 aliphatic carbocycles. The van der Waals surface area contributed by atoms with Crippen molar-refractivity contribution in [1.82, 2.24) is 5.32 Å². The van der Waals surface area contributed by atoms with Gasteiger partial charge in [0.25, 0.3) is 0 Å². The topological polar surface area (TPSA) is 120 Å². The molecule has 1 unspecified atom stereocenters. The molecule has 5 N–H and O–H groups in total. The third-order valence-electron chi connectivity index (χ3n) is 9.36. The number of carbonyl (C=O) groups excluding carboxylic acids is 2. The summed E-state index contributed by atoms with van der Waals surface area (Å²) in [5.74, 6) is -0.311. The number of unbranched alkanes of at least 4 members (excludes halogenated alkanes) is 23. The Labute approximate surface area is 292 Å². The second-order valence-electron chi connectivity index (χ2n) is 14.1. The molecule has 1 amide bonds. The molecule has 0 aliphatic rings. The number of hydrogen-bond donors (Lipinski definition) is 3. The number of ether oxygens (including phenoxy) is 1. The molecule has 47 heavy (non-hydrogen) atoms. The number of nitrogens with two attached hydrogens (primary N) is 2. The van der Waals surface area contributed by atoms with Crippen LogP contribution >= 0.6 is 0 Å². The van der Waals surface area contributed by atoms with Gasteiger partial charge in [0, 0.05) is 13.0 Å². The highest BCUT2D eigenvalue weighted by atomic mass is 16.5. The van der Waals surface area contributed by atoms with Crippen molar-refractivity contribution in [1.29, 1.82) is 0 Å². The molecular weight excluding hydrogens is 584 g/mol. The maximum absolute atomic E-state index is 13.5. The quantitative estimate of drug-likeness (QED) is 0.0266. The number of rotatable bonds is 36. The summed E-state index contributed by atoms with van der Waals surface area (Å²) in [4.78, 5) is 30.5. The SMILES string of the molecule is CCCCCCCCCCCCCC(=O)N[C@@H](CCCN=C(N)N)C(=O)OC(CCCCCCCC)CCCCCCCCCCC. The van der Waals surface area contributed by atoms with Crippen LogP contribution in [0.5, 0.6) is 0 Å². The lowest BCUT2D eigenvalue weighted by Crippen LogP contribution is -2.43. The number of guanidine groups is 1. The molecule has 0 saturated carbocycles. The average molecular weight is 665 g/mol. The van der Waals surface area contributed by atoms with Crippen molar-refractivity contribution in [2.75, 3.05) is 6.54 Å². The summed E-state index contributed by atoms with van der Waals surface area (Å²) in [7, 11) is 0. The number of carbonyl (C=O) groups is 2. The van der Waals surface area contributed by atoms with E-state index >= 15 is 0 Å². The van der Waals surface area contributed by atoms with Crippen molar-refractivity contribution in [3.63, 3.8) is 0 Å². The number of aliphatic imine (C=N–C) groups is 1. The first-order chi connectivity index (χ1) is 22.9. The third kappa shape index (κ3) is 32.5. The van der Waals surface area contributed by atoms with Gasteiger partial charge in [-0.3, -0.25) is 9.79 Å². The van der Waals surface area contributed by atoms with E-state index in [1.54, 1.807) is 0 Å². The average Bonchev–Trinajstić information content (AvgIpc) is 3.05. The lowest BCUT2D eigenvalue weighted by Gasteiger charge is -2.23. The molecule has 0 bridgehead atoms. The van der Waals surface area contributed by atoms with E-state index in [1.165, 1.54) is 141 Å².